The first kappa shape index (κ1) is 19.8. The third-order valence-corrected chi connectivity index (χ3v) is 5.08. The molecule has 0 fully saturated rings. The molecule has 0 aliphatic rings. The predicted octanol–water partition coefficient (Wildman–Crippen LogP) is 2.34. The van der Waals surface area contributed by atoms with E-state index in [-0.39, 0.29) is 17.2 Å². The molecule has 2 aromatic rings. The number of hydrogen-bond acceptors (Lipinski definition) is 6. The van der Waals surface area contributed by atoms with Crippen molar-refractivity contribution in [2.45, 2.75) is 11.4 Å². The molecule has 0 amide bonds. The van der Waals surface area contributed by atoms with E-state index in [0.29, 0.717) is 22.8 Å². The monoisotopic (exact) mass is 385 g/mol. The van der Waals surface area contributed by atoms with Crippen LogP contribution in [0.2, 0.25) is 0 Å². The van der Waals surface area contributed by atoms with E-state index in [4.69, 9.17) is 18.9 Å². The molecular weight excluding hydrogens is 365 g/mol. The third-order valence-electron chi connectivity index (χ3n) is 3.65. The molecule has 1 N–H and O–H groups in total. The summed E-state index contributed by atoms with van der Waals surface area (Å²) < 4.78 is 61.8. The summed E-state index contributed by atoms with van der Waals surface area (Å²) in [7, 11) is 1.65. The maximum absolute atomic E-state index is 13.5. The highest BCUT2D eigenvalue weighted by atomic mass is 32.2. The van der Waals surface area contributed by atoms with E-state index in [9.17, 15) is 12.8 Å². The van der Waals surface area contributed by atoms with Gasteiger partial charge in [0.2, 0.25) is 15.8 Å². The third kappa shape index (κ3) is 4.00. The standard InChI is InChI=1S/C17H20FNO6S/c1-22-13-8-6-12(18)9-15(13)26(20,21)19-10-11-5-7-14(23-2)17(25-4)16(11)24-3/h5-9,19H,10H2,1-4H3. The lowest BCUT2D eigenvalue weighted by atomic mass is 10.1. The highest BCUT2D eigenvalue weighted by molar-refractivity contribution is 7.89. The first-order chi connectivity index (χ1) is 12.4. The van der Waals surface area contributed by atoms with E-state index < -0.39 is 15.8 Å². The van der Waals surface area contributed by atoms with Crippen LogP contribution < -0.4 is 23.7 Å². The van der Waals surface area contributed by atoms with Crippen LogP contribution in [0, 0.1) is 5.82 Å². The Kier molecular flexibility index (Phi) is 6.27. The van der Waals surface area contributed by atoms with Gasteiger partial charge in [0.05, 0.1) is 28.4 Å². The summed E-state index contributed by atoms with van der Waals surface area (Å²) in [5.41, 5.74) is 0.518. The molecule has 9 heteroatoms. The van der Waals surface area contributed by atoms with Crippen molar-refractivity contribution < 1.29 is 31.8 Å². The molecule has 0 radical (unpaired) electrons. The number of ether oxygens (including phenoxy) is 4. The van der Waals surface area contributed by atoms with E-state index in [2.05, 4.69) is 4.72 Å². The van der Waals surface area contributed by atoms with Crippen molar-refractivity contribution in [1.29, 1.82) is 0 Å². The van der Waals surface area contributed by atoms with E-state index >= 15 is 0 Å². The summed E-state index contributed by atoms with van der Waals surface area (Å²) in [5, 5.41) is 0. The van der Waals surface area contributed by atoms with Crippen LogP contribution in [0.3, 0.4) is 0 Å². The van der Waals surface area contributed by atoms with Crippen molar-refractivity contribution in [2.75, 3.05) is 28.4 Å². The first-order valence-electron chi connectivity index (χ1n) is 7.49. The lowest BCUT2D eigenvalue weighted by molar-refractivity contribution is 0.322. The van der Waals surface area contributed by atoms with Gasteiger partial charge >= 0.3 is 0 Å². The van der Waals surface area contributed by atoms with Gasteiger partial charge in [0.15, 0.2) is 11.5 Å². The minimum Gasteiger partial charge on any atom is -0.495 e. The quantitative estimate of drug-likeness (QED) is 0.751. The molecule has 0 saturated carbocycles. The highest BCUT2D eigenvalue weighted by Gasteiger charge is 2.22. The maximum Gasteiger partial charge on any atom is 0.244 e. The van der Waals surface area contributed by atoms with Gasteiger partial charge in [-0.15, -0.1) is 0 Å². The Morgan fingerprint density at radius 2 is 1.50 bits per heavy atom. The molecule has 26 heavy (non-hydrogen) atoms. The average Bonchev–Trinajstić information content (AvgIpc) is 2.65. The van der Waals surface area contributed by atoms with Crippen LogP contribution in [0.4, 0.5) is 4.39 Å². The Labute approximate surface area is 151 Å². The molecule has 0 saturated heterocycles. The molecule has 0 heterocycles. The van der Waals surface area contributed by atoms with Crippen molar-refractivity contribution in [2.24, 2.45) is 0 Å². The maximum atomic E-state index is 13.5. The molecule has 0 unspecified atom stereocenters. The highest BCUT2D eigenvalue weighted by Crippen LogP contribution is 2.39. The smallest absolute Gasteiger partial charge is 0.244 e. The van der Waals surface area contributed by atoms with Gasteiger partial charge in [-0.3, -0.25) is 0 Å². The Hall–Kier alpha value is -2.52. The lowest BCUT2D eigenvalue weighted by Gasteiger charge is -2.16. The van der Waals surface area contributed by atoms with Gasteiger partial charge in [-0.05, 0) is 24.3 Å². The SMILES string of the molecule is COc1ccc(F)cc1S(=O)(=O)NCc1ccc(OC)c(OC)c1OC. The lowest BCUT2D eigenvalue weighted by Crippen LogP contribution is -2.24. The molecule has 0 aliphatic heterocycles. The zero-order chi connectivity index (χ0) is 19.3. The van der Waals surface area contributed by atoms with Gasteiger partial charge in [0, 0.05) is 12.1 Å². The average molecular weight is 385 g/mol. The normalized spacial score (nSPS) is 11.1. The Morgan fingerprint density at radius 1 is 0.885 bits per heavy atom. The topological polar surface area (TPSA) is 83.1 Å². The van der Waals surface area contributed by atoms with Crippen LogP contribution in [-0.4, -0.2) is 36.9 Å². The van der Waals surface area contributed by atoms with Crippen LogP contribution in [0.25, 0.3) is 0 Å². The van der Waals surface area contributed by atoms with Crippen LogP contribution in [0.15, 0.2) is 35.2 Å². The van der Waals surface area contributed by atoms with E-state index in [1.54, 1.807) is 12.1 Å². The Bertz CT molecular complexity index is 885. The fourth-order valence-electron chi connectivity index (χ4n) is 2.41. The molecule has 0 aliphatic carbocycles. The fraction of sp³-hybridized carbons (Fsp3) is 0.294. The van der Waals surface area contributed by atoms with Gasteiger partial charge in [0.1, 0.15) is 16.5 Å². The molecule has 7 nitrogen and oxygen atoms in total. The zero-order valence-electron chi connectivity index (χ0n) is 14.8. The largest absolute Gasteiger partial charge is 0.495 e. The Balaban J connectivity index is 2.35. The van der Waals surface area contributed by atoms with Crippen LogP contribution in [-0.2, 0) is 16.6 Å². The second-order valence-electron chi connectivity index (χ2n) is 5.11. The summed E-state index contributed by atoms with van der Waals surface area (Å²) in [6.45, 7) is -0.106. The first-order valence-corrected chi connectivity index (χ1v) is 8.97. The van der Waals surface area contributed by atoms with Crippen LogP contribution >= 0.6 is 0 Å². The number of halogens is 1. The minimum absolute atomic E-state index is 0.0400. The fourth-order valence-corrected chi connectivity index (χ4v) is 3.60. The van der Waals surface area contributed by atoms with E-state index in [1.165, 1.54) is 34.5 Å². The van der Waals surface area contributed by atoms with Gasteiger partial charge in [0.25, 0.3) is 0 Å². The molecule has 2 rings (SSSR count). The summed E-state index contributed by atoms with van der Waals surface area (Å²) in [6, 6.07) is 6.54. The molecule has 0 aromatic heterocycles. The number of nitrogens with one attached hydrogen (secondary N) is 1. The van der Waals surface area contributed by atoms with E-state index in [1.807, 2.05) is 0 Å². The number of rotatable bonds is 8. The second-order valence-corrected chi connectivity index (χ2v) is 6.85. The van der Waals surface area contributed by atoms with Gasteiger partial charge in [-0.1, -0.05) is 6.07 Å². The van der Waals surface area contributed by atoms with Crippen molar-refractivity contribution in [1.82, 2.24) is 4.72 Å². The van der Waals surface area contributed by atoms with Crippen molar-refractivity contribution in [3.63, 3.8) is 0 Å². The number of methoxy groups -OCH3 is 4. The Morgan fingerprint density at radius 3 is 2.08 bits per heavy atom. The number of benzene rings is 2. The van der Waals surface area contributed by atoms with E-state index in [0.717, 1.165) is 12.1 Å². The minimum atomic E-state index is -4.03. The van der Waals surface area contributed by atoms with Crippen molar-refractivity contribution >= 4 is 10.0 Å². The molecule has 0 bridgehead atoms. The van der Waals surface area contributed by atoms with Gasteiger partial charge in [-0.2, -0.15) is 0 Å². The molecule has 0 atom stereocenters. The zero-order valence-corrected chi connectivity index (χ0v) is 15.6. The predicted molar refractivity (Wildman–Crippen MR) is 93.1 cm³/mol. The summed E-state index contributed by atoms with van der Waals surface area (Å²) in [5.74, 6) is 0.478. The molecule has 142 valence electrons. The number of hydrogen-bond donors (Lipinski definition) is 1. The van der Waals surface area contributed by atoms with Gasteiger partial charge < -0.3 is 18.9 Å². The molecule has 0 spiro atoms. The summed E-state index contributed by atoms with van der Waals surface area (Å²) in [6.07, 6.45) is 0. The van der Waals surface area contributed by atoms with Crippen molar-refractivity contribution in [3.05, 3.63) is 41.7 Å². The molecular formula is C17H20FNO6S. The van der Waals surface area contributed by atoms with Crippen LogP contribution in [0.5, 0.6) is 23.0 Å². The van der Waals surface area contributed by atoms with Gasteiger partial charge in [-0.25, -0.2) is 17.5 Å². The number of sulfonamides is 1. The van der Waals surface area contributed by atoms with Crippen molar-refractivity contribution in [3.8, 4) is 23.0 Å². The second kappa shape index (κ2) is 8.24. The summed E-state index contributed by atoms with van der Waals surface area (Å²) in [4.78, 5) is -0.292. The van der Waals surface area contributed by atoms with Crippen LogP contribution in [0.1, 0.15) is 5.56 Å². The molecule has 2 aromatic carbocycles. The summed E-state index contributed by atoms with van der Waals surface area (Å²) >= 11 is 0.